The number of aromatic nitrogens is 1. The summed E-state index contributed by atoms with van der Waals surface area (Å²) in [5, 5.41) is 6.83. The Hall–Kier alpha value is -0.700. The Morgan fingerprint density at radius 2 is 2.28 bits per heavy atom. The van der Waals surface area contributed by atoms with Crippen molar-refractivity contribution in [2.45, 2.75) is 43.9 Å². The molecule has 1 aliphatic carbocycles. The number of rotatable bonds is 7. The first kappa shape index (κ1) is 20.6. The zero-order valence-electron chi connectivity index (χ0n) is 15.1. The molecule has 7 heteroatoms. The Morgan fingerprint density at radius 3 is 2.96 bits per heavy atom. The summed E-state index contributed by atoms with van der Waals surface area (Å²) < 4.78 is 6.08. The van der Waals surface area contributed by atoms with Gasteiger partial charge in [-0.25, -0.2) is 4.98 Å². The number of guanidine groups is 1. The van der Waals surface area contributed by atoms with Gasteiger partial charge in [0.2, 0.25) is 5.88 Å². The van der Waals surface area contributed by atoms with Crippen molar-refractivity contribution < 1.29 is 4.74 Å². The number of nitrogens with one attached hydrogen (secondary N) is 2. The van der Waals surface area contributed by atoms with Crippen LogP contribution in [0.4, 0.5) is 0 Å². The number of hydrogen-bond donors (Lipinski definition) is 2. The Kier molecular flexibility index (Phi) is 8.12. The van der Waals surface area contributed by atoms with Gasteiger partial charge in [0.1, 0.15) is 0 Å². The van der Waals surface area contributed by atoms with E-state index in [-0.39, 0.29) is 24.0 Å². The van der Waals surface area contributed by atoms with Crippen molar-refractivity contribution in [3.8, 4) is 5.88 Å². The lowest BCUT2D eigenvalue weighted by Gasteiger charge is -2.24. The fourth-order valence-corrected chi connectivity index (χ4v) is 4.02. The molecule has 1 aliphatic heterocycles. The highest BCUT2D eigenvalue weighted by Crippen LogP contribution is 2.36. The van der Waals surface area contributed by atoms with Gasteiger partial charge < -0.3 is 15.4 Å². The van der Waals surface area contributed by atoms with Crippen LogP contribution in [0.25, 0.3) is 0 Å². The minimum Gasteiger partial charge on any atom is -0.477 e. The fraction of sp³-hybridized carbons (Fsp3) is 0.667. The van der Waals surface area contributed by atoms with Gasteiger partial charge in [-0.3, -0.25) is 4.99 Å². The predicted molar refractivity (Wildman–Crippen MR) is 116 cm³/mol. The van der Waals surface area contributed by atoms with Crippen molar-refractivity contribution in [1.82, 2.24) is 15.6 Å². The van der Waals surface area contributed by atoms with Gasteiger partial charge in [0.15, 0.2) is 5.96 Å². The van der Waals surface area contributed by atoms with E-state index in [0.717, 1.165) is 36.5 Å². The van der Waals surface area contributed by atoms with Gasteiger partial charge in [-0.2, -0.15) is 11.8 Å². The van der Waals surface area contributed by atoms with Crippen LogP contribution in [0.2, 0.25) is 0 Å². The number of nitrogens with zero attached hydrogens (tertiary/aromatic N) is 2. The maximum Gasteiger partial charge on any atom is 0.213 e. The lowest BCUT2D eigenvalue weighted by molar-refractivity contribution is 0.288. The number of pyridine rings is 1. The number of hydrogen-bond acceptors (Lipinski definition) is 4. The van der Waals surface area contributed by atoms with Gasteiger partial charge in [0.05, 0.1) is 6.61 Å². The molecule has 2 aliphatic rings. The van der Waals surface area contributed by atoms with Crippen LogP contribution in [0.15, 0.2) is 23.3 Å². The molecule has 0 aromatic carbocycles. The zero-order valence-corrected chi connectivity index (χ0v) is 18.2. The van der Waals surface area contributed by atoms with Gasteiger partial charge in [-0.05, 0) is 55.9 Å². The van der Waals surface area contributed by atoms with E-state index in [1.54, 1.807) is 0 Å². The van der Waals surface area contributed by atoms with Crippen LogP contribution in [0, 0.1) is 5.92 Å². The van der Waals surface area contributed by atoms with Crippen LogP contribution >= 0.6 is 35.7 Å². The SMILES string of the molecule is CN=C(NCc1ccnc(OCC2CC2)c1)NCC1(C)CCCS1.I. The molecule has 2 heterocycles. The Morgan fingerprint density at radius 1 is 1.44 bits per heavy atom. The summed E-state index contributed by atoms with van der Waals surface area (Å²) in [5.74, 6) is 3.58. The molecule has 0 bridgehead atoms. The molecule has 25 heavy (non-hydrogen) atoms. The largest absolute Gasteiger partial charge is 0.477 e. The highest BCUT2D eigenvalue weighted by atomic mass is 127. The summed E-state index contributed by atoms with van der Waals surface area (Å²) in [6.45, 7) is 4.79. The summed E-state index contributed by atoms with van der Waals surface area (Å²) in [6, 6.07) is 4.02. The molecular formula is C18H29IN4OS. The normalized spacial score (nSPS) is 23.0. The minimum atomic E-state index is 0. The lowest BCUT2D eigenvalue weighted by atomic mass is 10.1. The van der Waals surface area contributed by atoms with Crippen molar-refractivity contribution in [1.29, 1.82) is 0 Å². The van der Waals surface area contributed by atoms with E-state index >= 15 is 0 Å². The predicted octanol–water partition coefficient (Wildman–Crippen LogP) is 3.44. The summed E-state index contributed by atoms with van der Waals surface area (Å²) >= 11 is 2.06. The molecule has 1 saturated heterocycles. The van der Waals surface area contributed by atoms with E-state index < -0.39 is 0 Å². The van der Waals surface area contributed by atoms with Gasteiger partial charge in [0, 0.05) is 37.1 Å². The quantitative estimate of drug-likeness (QED) is 0.359. The molecule has 1 unspecified atom stereocenters. The number of aliphatic imine (C=N–C) groups is 1. The third-order valence-electron chi connectivity index (χ3n) is 4.58. The molecule has 1 atom stereocenters. The Bertz CT molecular complexity index is 574. The standard InChI is InChI=1S/C18H28N4OS.HI/c1-18(7-3-9-24-18)13-22-17(19-2)21-11-15-6-8-20-16(10-15)23-12-14-4-5-14;/h6,8,10,14H,3-5,7,9,11-13H2,1-2H3,(H2,19,21,22);1H. The minimum absolute atomic E-state index is 0. The van der Waals surface area contributed by atoms with Crippen LogP contribution in [0.5, 0.6) is 5.88 Å². The van der Waals surface area contributed by atoms with E-state index in [9.17, 15) is 0 Å². The highest BCUT2D eigenvalue weighted by molar-refractivity contribution is 14.0. The molecule has 1 aromatic heterocycles. The maximum absolute atomic E-state index is 5.74. The van der Waals surface area contributed by atoms with Gasteiger partial charge in [0.25, 0.3) is 0 Å². The molecule has 0 amide bonds. The van der Waals surface area contributed by atoms with Gasteiger partial charge >= 0.3 is 0 Å². The van der Waals surface area contributed by atoms with Gasteiger partial charge in [-0.15, -0.1) is 24.0 Å². The van der Waals surface area contributed by atoms with E-state index in [4.69, 9.17) is 4.74 Å². The van der Waals surface area contributed by atoms with Crippen molar-refractivity contribution in [2.24, 2.45) is 10.9 Å². The number of ether oxygens (including phenoxy) is 1. The van der Waals surface area contributed by atoms with E-state index in [1.807, 2.05) is 25.4 Å². The van der Waals surface area contributed by atoms with Crippen molar-refractivity contribution >= 4 is 41.7 Å². The third-order valence-corrected chi connectivity index (χ3v) is 6.12. The first-order valence-corrected chi connectivity index (χ1v) is 9.82. The first-order valence-electron chi connectivity index (χ1n) is 8.83. The summed E-state index contributed by atoms with van der Waals surface area (Å²) in [4.78, 5) is 8.61. The summed E-state index contributed by atoms with van der Waals surface area (Å²) in [6.07, 6.45) is 6.98. The first-order chi connectivity index (χ1) is 11.7. The molecular weight excluding hydrogens is 447 g/mol. The monoisotopic (exact) mass is 476 g/mol. The molecule has 1 aromatic rings. The Labute approximate surface area is 172 Å². The van der Waals surface area contributed by atoms with Crippen LogP contribution in [-0.2, 0) is 6.54 Å². The second-order valence-electron chi connectivity index (χ2n) is 6.94. The van der Waals surface area contributed by atoms with E-state index in [0.29, 0.717) is 11.3 Å². The Balaban J connectivity index is 0.00000225. The summed E-state index contributed by atoms with van der Waals surface area (Å²) in [7, 11) is 1.82. The lowest BCUT2D eigenvalue weighted by Crippen LogP contribution is -2.43. The molecule has 140 valence electrons. The van der Waals surface area contributed by atoms with Gasteiger partial charge in [-0.1, -0.05) is 0 Å². The molecule has 0 radical (unpaired) electrons. The van der Waals surface area contributed by atoms with Crippen molar-refractivity contribution in [3.63, 3.8) is 0 Å². The maximum atomic E-state index is 5.74. The van der Waals surface area contributed by atoms with E-state index in [1.165, 1.54) is 31.4 Å². The number of thioether (sulfide) groups is 1. The second kappa shape index (κ2) is 9.85. The molecule has 2 N–H and O–H groups in total. The van der Waals surface area contributed by atoms with Crippen LogP contribution < -0.4 is 15.4 Å². The molecule has 1 saturated carbocycles. The van der Waals surface area contributed by atoms with Crippen molar-refractivity contribution in [2.75, 3.05) is 26.0 Å². The third kappa shape index (κ3) is 6.84. The molecule has 0 spiro atoms. The average Bonchev–Trinajstić information content (AvgIpc) is 3.33. The highest BCUT2D eigenvalue weighted by Gasteiger charge is 2.29. The second-order valence-corrected chi connectivity index (χ2v) is 8.62. The molecule has 2 fully saturated rings. The fourth-order valence-electron chi connectivity index (χ4n) is 2.78. The molecule has 5 nitrogen and oxygen atoms in total. The number of halogens is 1. The van der Waals surface area contributed by atoms with Crippen LogP contribution in [0.1, 0.15) is 38.2 Å². The molecule has 3 rings (SSSR count). The van der Waals surface area contributed by atoms with Crippen molar-refractivity contribution in [3.05, 3.63) is 23.9 Å². The zero-order chi connectivity index (χ0) is 16.8. The van der Waals surface area contributed by atoms with Crippen LogP contribution in [-0.4, -0.2) is 41.6 Å². The average molecular weight is 476 g/mol. The van der Waals surface area contributed by atoms with Crippen LogP contribution in [0.3, 0.4) is 0 Å². The smallest absolute Gasteiger partial charge is 0.213 e. The topological polar surface area (TPSA) is 58.5 Å². The summed E-state index contributed by atoms with van der Waals surface area (Å²) in [5.41, 5.74) is 1.15. The van der Waals surface area contributed by atoms with E-state index in [2.05, 4.69) is 39.3 Å².